The SMILES string of the molecule is O=C(O)C(C(=O)O)C1CN1. The second kappa shape index (κ2) is 2.26. The Hall–Kier alpha value is -1.10. The van der Waals surface area contributed by atoms with Crippen molar-refractivity contribution in [2.24, 2.45) is 5.92 Å². The maximum atomic E-state index is 10.2. The molecule has 0 spiro atoms. The first kappa shape index (κ1) is 7.01. The van der Waals surface area contributed by atoms with Crippen molar-refractivity contribution in [2.45, 2.75) is 6.04 Å². The molecule has 1 aliphatic rings. The van der Waals surface area contributed by atoms with E-state index in [1.165, 1.54) is 0 Å². The zero-order chi connectivity index (χ0) is 7.72. The van der Waals surface area contributed by atoms with Gasteiger partial charge in [-0.2, -0.15) is 0 Å². The molecule has 10 heavy (non-hydrogen) atoms. The van der Waals surface area contributed by atoms with Gasteiger partial charge in [-0.25, -0.2) is 0 Å². The Labute approximate surface area is 56.7 Å². The molecule has 0 aromatic carbocycles. The van der Waals surface area contributed by atoms with E-state index < -0.39 is 17.9 Å². The van der Waals surface area contributed by atoms with Crippen molar-refractivity contribution in [1.82, 2.24) is 5.32 Å². The average molecular weight is 145 g/mol. The highest BCUT2D eigenvalue weighted by Gasteiger charge is 2.41. The molecule has 0 saturated carbocycles. The van der Waals surface area contributed by atoms with E-state index in [9.17, 15) is 9.59 Å². The number of hydrogen-bond donors (Lipinski definition) is 3. The molecule has 56 valence electrons. The Morgan fingerprint density at radius 2 is 1.80 bits per heavy atom. The number of nitrogens with one attached hydrogen (secondary N) is 1. The fourth-order valence-electron chi connectivity index (χ4n) is 0.754. The predicted molar refractivity (Wildman–Crippen MR) is 30.6 cm³/mol. The molecule has 1 aliphatic heterocycles. The number of carbonyl (C=O) groups is 2. The lowest BCUT2D eigenvalue weighted by atomic mass is 10.1. The molecule has 3 N–H and O–H groups in total. The van der Waals surface area contributed by atoms with Crippen molar-refractivity contribution >= 4 is 11.9 Å². The Kier molecular flexibility index (Phi) is 1.58. The third-order valence-electron chi connectivity index (χ3n) is 1.37. The second-order valence-electron chi connectivity index (χ2n) is 2.17. The van der Waals surface area contributed by atoms with E-state index in [0.717, 1.165) is 0 Å². The molecule has 5 nitrogen and oxygen atoms in total. The zero-order valence-corrected chi connectivity index (χ0v) is 5.07. The van der Waals surface area contributed by atoms with Crippen LogP contribution in [0.15, 0.2) is 0 Å². The maximum Gasteiger partial charge on any atom is 0.319 e. The van der Waals surface area contributed by atoms with Crippen LogP contribution in [0.25, 0.3) is 0 Å². The highest BCUT2D eigenvalue weighted by atomic mass is 16.4. The number of carboxylic acids is 2. The Morgan fingerprint density at radius 1 is 1.40 bits per heavy atom. The highest BCUT2D eigenvalue weighted by molar-refractivity contribution is 5.94. The molecular formula is C5H7NO4. The molecule has 5 heteroatoms. The lowest BCUT2D eigenvalue weighted by molar-refractivity contribution is -0.154. The Balaban J connectivity index is 2.58. The largest absolute Gasteiger partial charge is 0.481 e. The summed E-state index contributed by atoms with van der Waals surface area (Å²) in [6.45, 7) is 0.489. The van der Waals surface area contributed by atoms with Crippen LogP contribution in [0.1, 0.15) is 0 Å². The van der Waals surface area contributed by atoms with Crippen LogP contribution in [-0.2, 0) is 9.59 Å². The molecule has 0 amide bonds. The van der Waals surface area contributed by atoms with Crippen molar-refractivity contribution in [3.05, 3.63) is 0 Å². The first-order valence-corrected chi connectivity index (χ1v) is 2.82. The van der Waals surface area contributed by atoms with Crippen LogP contribution < -0.4 is 5.32 Å². The fourth-order valence-corrected chi connectivity index (χ4v) is 0.754. The van der Waals surface area contributed by atoms with Gasteiger partial charge in [0.1, 0.15) is 0 Å². The summed E-state index contributed by atoms with van der Waals surface area (Å²) in [4.78, 5) is 20.4. The third-order valence-corrected chi connectivity index (χ3v) is 1.37. The summed E-state index contributed by atoms with van der Waals surface area (Å²) in [6.07, 6.45) is 0. The van der Waals surface area contributed by atoms with Gasteiger partial charge in [-0.3, -0.25) is 9.59 Å². The van der Waals surface area contributed by atoms with Crippen molar-refractivity contribution in [2.75, 3.05) is 6.54 Å². The second-order valence-corrected chi connectivity index (χ2v) is 2.17. The number of aliphatic carboxylic acids is 2. The maximum absolute atomic E-state index is 10.2. The van der Waals surface area contributed by atoms with Crippen molar-refractivity contribution in [3.63, 3.8) is 0 Å². The molecule has 1 rings (SSSR count). The number of rotatable bonds is 3. The summed E-state index contributed by atoms with van der Waals surface area (Å²) < 4.78 is 0. The summed E-state index contributed by atoms with van der Waals surface area (Å²) in [5.41, 5.74) is 0. The van der Waals surface area contributed by atoms with Gasteiger partial charge in [-0.15, -0.1) is 0 Å². The van der Waals surface area contributed by atoms with E-state index in [0.29, 0.717) is 6.54 Å². The van der Waals surface area contributed by atoms with E-state index in [1.807, 2.05) is 0 Å². The fraction of sp³-hybridized carbons (Fsp3) is 0.600. The van der Waals surface area contributed by atoms with E-state index in [1.54, 1.807) is 0 Å². The minimum Gasteiger partial charge on any atom is -0.481 e. The van der Waals surface area contributed by atoms with Crippen LogP contribution >= 0.6 is 0 Å². The van der Waals surface area contributed by atoms with Crippen molar-refractivity contribution in [1.29, 1.82) is 0 Å². The summed E-state index contributed by atoms with van der Waals surface area (Å²) in [5, 5.41) is 19.3. The number of carboxylic acid groups (broad SMARTS) is 2. The molecule has 0 aromatic heterocycles. The van der Waals surface area contributed by atoms with Crippen molar-refractivity contribution < 1.29 is 19.8 Å². The van der Waals surface area contributed by atoms with Crippen LogP contribution in [0.3, 0.4) is 0 Å². The van der Waals surface area contributed by atoms with Gasteiger partial charge in [0.2, 0.25) is 0 Å². The van der Waals surface area contributed by atoms with Gasteiger partial charge < -0.3 is 15.5 Å². The monoisotopic (exact) mass is 145 g/mol. The molecule has 1 heterocycles. The summed E-state index contributed by atoms with van der Waals surface area (Å²) in [7, 11) is 0. The summed E-state index contributed by atoms with van der Waals surface area (Å²) in [5.74, 6) is -3.83. The first-order chi connectivity index (χ1) is 4.63. The highest BCUT2D eigenvalue weighted by Crippen LogP contribution is 2.12. The van der Waals surface area contributed by atoms with Crippen LogP contribution in [0.4, 0.5) is 0 Å². The third kappa shape index (κ3) is 1.24. The standard InChI is InChI=1S/C5H7NO4/c7-4(8)3(5(9)10)2-1-6-2/h2-3,6H,1H2,(H,7,8)(H,9,10). The van der Waals surface area contributed by atoms with Crippen LogP contribution in [-0.4, -0.2) is 34.7 Å². The average Bonchev–Trinajstić information content (AvgIpc) is 2.46. The lowest BCUT2D eigenvalue weighted by Gasteiger charge is -2.01. The number of hydrogen-bond acceptors (Lipinski definition) is 3. The van der Waals surface area contributed by atoms with Crippen LogP contribution in [0.2, 0.25) is 0 Å². The van der Waals surface area contributed by atoms with Crippen molar-refractivity contribution in [3.8, 4) is 0 Å². The van der Waals surface area contributed by atoms with Crippen LogP contribution in [0, 0.1) is 5.92 Å². The summed E-state index contributed by atoms with van der Waals surface area (Å²) >= 11 is 0. The predicted octanol–water partition coefficient (Wildman–Crippen LogP) is -1.26. The molecule has 0 radical (unpaired) electrons. The van der Waals surface area contributed by atoms with Gasteiger partial charge >= 0.3 is 11.9 Å². The van der Waals surface area contributed by atoms with E-state index >= 15 is 0 Å². The smallest absolute Gasteiger partial charge is 0.319 e. The molecule has 1 unspecified atom stereocenters. The zero-order valence-electron chi connectivity index (χ0n) is 5.07. The lowest BCUT2D eigenvalue weighted by Crippen LogP contribution is -2.29. The van der Waals surface area contributed by atoms with E-state index in [2.05, 4.69) is 5.32 Å². The quantitative estimate of drug-likeness (QED) is 0.340. The molecule has 0 bridgehead atoms. The van der Waals surface area contributed by atoms with Gasteiger partial charge in [0.25, 0.3) is 0 Å². The topological polar surface area (TPSA) is 96.5 Å². The molecule has 1 fully saturated rings. The van der Waals surface area contributed by atoms with Gasteiger partial charge in [-0.05, 0) is 0 Å². The van der Waals surface area contributed by atoms with Crippen LogP contribution in [0.5, 0.6) is 0 Å². The Bertz CT molecular complexity index is 160. The van der Waals surface area contributed by atoms with Gasteiger partial charge in [0, 0.05) is 12.6 Å². The molecule has 1 atom stereocenters. The summed E-state index contributed by atoms with van der Waals surface area (Å²) in [6, 6.07) is -0.366. The molecule has 1 saturated heterocycles. The molecule has 0 aromatic rings. The Morgan fingerprint density at radius 3 is 1.90 bits per heavy atom. The van der Waals surface area contributed by atoms with Gasteiger partial charge in [0.15, 0.2) is 5.92 Å². The van der Waals surface area contributed by atoms with E-state index in [4.69, 9.17) is 10.2 Å². The molecular weight excluding hydrogens is 138 g/mol. The van der Waals surface area contributed by atoms with Gasteiger partial charge in [-0.1, -0.05) is 0 Å². The van der Waals surface area contributed by atoms with Gasteiger partial charge in [0.05, 0.1) is 0 Å². The minimum atomic E-state index is -1.28. The normalized spacial score (nSPS) is 22.7. The molecule has 0 aliphatic carbocycles. The first-order valence-electron chi connectivity index (χ1n) is 2.82. The minimum absolute atomic E-state index is 0.366. The van der Waals surface area contributed by atoms with E-state index in [-0.39, 0.29) is 6.04 Å².